The van der Waals surface area contributed by atoms with Gasteiger partial charge in [-0.05, 0) is 32.6 Å². The van der Waals surface area contributed by atoms with E-state index in [2.05, 4.69) is 31.8 Å². The predicted molar refractivity (Wildman–Crippen MR) is 114 cm³/mol. The molecule has 0 saturated carbocycles. The van der Waals surface area contributed by atoms with Gasteiger partial charge in [-0.1, -0.05) is 41.3 Å². The van der Waals surface area contributed by atoms with Gasteiger partial charge in [0.05, 0.1) is 12.2 Å². The molecule has 0 amide bonds. The van der Waals surface area contributed by atoms with Gasteiger partial charge in [0.2, 0.25) is 16.2 Å². The van der Waals surface area contributed by atoms with Crippen molar-refractivity contribution in [2.45, 2.75) is 11.6 Å². The van der Waals surface area contributed by atoms with Crippen molar-refractivity contribution in [3.8, 4) is 21.5 Å². The molecule has 0 bridgehead atoms. The van der Waals surface area contributed by atoms with E-state index in [4.69, 9.17) is 10.5 Å². The number of ether oxygens (including phenoxy) is 1. The highest BCUT2D eigenvalue weighted by Crippen LogP contribution is 2.33. The normalized spacial score (nSPS) is 11.1. The highest BCUT2D eigenvalue weighted by molar-refractivity contribution is 7.99. The highest BCUT2D eigenvalue weighted by Gasteiger charge is 2.16. The molecule has 2 N–H and O–H groups in total. The zero-order valence-corrected chi connectivity index (χ0v) is 17.5. The van der Waals surface area contributed by atoms with Gasteiger partial charge in [-0.15, -0.1) is 21.9 Å². The summed E-state index contributed by atoms with van der Waals surface area (Å²) in [5, 5.41) is 14.8. The third-order valence-corrected chi connectivity index (χ3v) is 5.43. The van der Waals surface area contributed by atoms with Gasteiger partial charge in [0, 0.05) is 12.3 Å². The van der Waals surface area contributed by atoms with Crippen LogP contribution in [0.15, 0.2) is 42.1 Å². The first-order chi connectivity index (χ1) is 13.6. The fourth-order valence-corrected chi connectivity index (χ4v) is 3.78. The lowest BCUT2D eigenvalue weighted by atomic mass is 10.2. The number of thioether (sulfide) groups is 1. The molecule has 0 unspecified atom stereocenters. The first-order valence-electron chi connectivity index (χ1n) is 8.75. The number of hydrogen-bond donors (Lipinski definition) is 1. The Morgan fingerprint density at radius 2 is 2.14 bits per heavy atom. The van der Waals surface area contributed by atoms with E-state index in [0.717, 1.165) is 29.3 Å². The molecule has 10 heteroatoms. The Balaban J connectivity index is 1.77. The van der Waals surface area contributed by atoms with Crippen LogP contribution in [0.1, 0.15) is 6.42 Å². The number of nitrogen functional groups attached to an aromatic ring is 1. The Hall–Kier alpha value is -2.43. The van der Waals surface area contributed by atoms with Gasteiger partial charge >= 0.3 is 0 Å². The Bertz CT molecular complexity index is 922. The van der Waals surface area contributed by atoms with Gasteiger partial charge in [0.15, 0.2) is 5.01 Å². The van der Waals surface area contributed by atoms with Crippen molar-refractivity contribution < 1.29 is 4.74 Å². The minimum atomic E-state index is 0.280. The van der Waals surface area contributed by atoms with Crippen molar-refractivity contribution in [3.63, 3.8) is 0 Å². The second kappa shape index (κ2) is 9.67. The zero-order chi connectivity index (χ0) is 19.9. The number of rotatable bonds is 10. The molecule has 2 aromatic heterocycles. The van der Waals surface area contributed by atoms with E-state index in [-0.39, 0.29) is 5.95 Å². The molecule has 0 fully saturated rings. The molecule has 28 heavy (non-hydrogen) atoms. The highest BCUT2D eigenvalue weighted by atomic mass is 32.2. The monoisotopic (exact) mass is 417 g/mol. The van der Waals surface area contributed by atoms with Crippen molar-refractivity contribution >= 4 is 29.0 Å². The summed E-state index contributed by atoms with van der Waals surface area (Å²) in [7, 11) is 4.10. The Kier molecular flexibility index (Phi) is 7.01. The van der Waals surface area contributed by atoms with Crippen LogP contribution in [-0.4, -0.2) is 62.9 Å². The van der Waals surface area contributed by atoms with Crippen LogP contribution in [-0.2, 0) is 0 Å². The van der Waals surface area contributed by atoms with E-state index >= 15 is 0 Å². The molecule has 0 aliphatic heterocycles. The van der Waals surface area contributed by atoms with Crippen LogP contribution in [0.3, 0.4) is 0 Å². The third-order valence-electron chi connectivity index (χ3n) is 3.66. The first-order valence-corrected chi connectivity index (χ1v) is 10.6. The molecule has 8 nitrogen and oxygen atoms in total. The fourth-order valence-electron chi connectivity index (χ4n) is 2.38. The third kappa shape index (κ3) is 5.09. The average molecular weight is 418 g/mol. The van der Waals surface area contributed by atoms with Gasteiger partial charge < -0.3 is 15.4 Å². The molecule has 1 aromatic carbocycles. The van der Waals surface area contributed by atoms with E-state index in [1.165, 1.54) is 27.8 Å². The summed E-state index contributed by atoms with van der Waals surface area (Å²) in [6, 6.07) is 7.82. The first kappa shape index (κ1) is 20.3. The van der Waals surface area contributed by atoms with Crippen LogP contribution in [0.4, 0.5) is 5.95 Å². The maximum absolute atomic E-state index is 5.99. The number of anilines is 1. The van der Waals surface area contributed by atoms with Crippen LogP contribution in [0.2, 0.25) is 0 Å². The quantitative estimate of drug-likeness (QED) is 0.306. The molecular weight excluding hydrogens is 394 g/mol. The molecule has 2 heterocycles. The van der Waals surface area contributed by atoms with E-state index < -0.39 is 0 Å². The van der Waals surface area contributed by atoms with Crippen LogP contribution in [0, 0.1) is 0 Å². The lowest BCUT2D eigenvalue weighted by Crippen LogP contribution is -2.15. The SMILES string of the molecule is C=CCSc1nc(N)n(-c2nnc(-c3ccccc3OCCCN(C)C)s2)n1. The van der Waals surface area contributed by atoms with E-state index in [1.807, 2.05) is 38.4 Å². The second-order valence-electron chi connectivity index (χ2n) is 6.16. The van der Waals surface area contributed by atoms with Crippen molar-refractivity contribution in [2.24, 2.45) is 0 Å². The molecule has 148 valence electrons. The zero-order valence-electron chi connectivity index (χ0n) is 15.9. The smallest absolute Gasteiger partial charge is 0.236 e. The summed E-state index contributed by atoms with van der Waals surface area (Å²) < 4.78 is 7.48. The van der Waals surface area contributed by atoms with E-state index in [1.54, 1.807) is 6.08 Å². The van der Waals surface area contributed by atoms with E-state index in [9.17, 15) is 0 Å². The summed E-state index contributed by atoms with van der Waals surface area (Å²) in [6.45, 7) is 5.31. The lowest BCUT2D eigenvalue weighted by molar-refractivity contribution is 0.282. The lowest BCUT2D eigenvalue weighted by Gasteiger charge is -2.12. The van der Waals surface area contributed by atoms with Crippen LogP contribution in [0.25, 0.3) is 15.7 Å². The van der Waals surface area contributed by atoms with Crippen molar-refractivity contribution in [3.05, 3.63) is 36.9 Å². The van der Waals surface area contributed by atoms with E-state index in [0.29, 0.717) is 22.6 Å². The fraction of sp³-hybridized carbons (Fsp3) is 0.333. The molecule has 0 radical (unpaired) electrons. The van der Waals surface area contributed by atoms with Crippen LogP contribution >= 0.6 is 23.1 Å². The molecule has 3 aromatic rings. The number of benzene rings is 1. The number of nitrogens with two attached hydrogens (primary N) is 1. The maximum atomic E-state index is 5.99. The van der Waals surface area contributed by atoms with Crippen LogP contribution < -0.4 is 10.5 Å². The number of para-hydroxylation sites is 1. The van der Waals surface area contributed by atoms with Gasteiger partial charge in [-0.3, -0.25) is 0 Å². The number of nitrogens with zero attached hydrogens (tertiary/aromatic N) is 6. The largest absolute Gasteiger partial charge is 0.493 e. The summed E-state index contributed by atoms with van der Waals surface area (Å²) in [5.41, 5.74) is 6.89. The minimum absolute atomic E-state index is 0.280. The Labute approximate surface area is 172 Å². The van der Waals surface area contributed by atoms with Crippen molar-refractivity contribution in [1.29, 1.82) is 0 Å². The standard InChI is InChI=1S/C18H23N7OS2/c1-4-12-27-17-20-16(19)25(23-17)18-22-21-15(28-18)13-8-5-6-9-14(13)26-11-7-10-24(2)3/h4-6,8-9H,1,7,10-12H2,2-3H3,(H2,19,20,23). The number of hydrogen-bond acceptors (Lipinski definition) is 9. The minimum Gasteiger partial charge on any atom is -0.493 e. The summed E-state index contributed by atoms with van der Waals surface area (Å²) in [6.07, 6.45) is 2.74. The summed E-state index contributed by atoms with van der Waals surface area (Å²) in [5.74, 6) is 1.78. The number of aromatic nitrogens is 5. The second-order valence-corrected chi connectivity index (χ2v) is 8.10. The predicted octanol–water partition coefficient (Wildman–Crippen LogP) is 2.98. The average Bonchev–Trinajstić information content (AvgIpc) is 3.30. The molecule has 0 aliphatic rings. The topological polar surface area (TPSA) is 95.0 Å². The molecule has 0 saturated heterocycles. The Morgan fingerprint density at radius 1 is 1.32 bits per heavy atom. The van der Waals surface area contributed by atoms with Gasteiger partial charge in [-0.2, -0.15) is 9.67 Å². The molecule has 0 aliphatic carbocycles. The van der Waals surface area contributed by atoms with Gasteiger partial charge in [0.25, 0.3) is 0 Å². The molecule has 0 spiro atoms. The molecule has 0 atom stereocenters. The van der Waals surface area contributed by atoms with Crippen LogP contribution in [0.5, 0.6) is 5.75 Å². The summed E-state index contributed by atoms with van der Waals surface area (Å²) >= 11 is 2.85. The van der Waals surface area contributed by atoms with Crippen molar-refractivity contribution in [2.75, 3.05) is 38.7 Å². The molecule has 3 rings (SSSR count). The maximum Gasteiger partial charge on any atom is 0.236 e. The van der Waals surface area contributed by atoms with Gasteiger partial charge in [0.1, 0.15) is 5.75 Å². The Morgan fingerprint density at radius 3 is 2.93 bits per heavy atom. The van der Waals surface area contributed by atoms with Crippen molar-refractivity contribution in [1.82, 2.24) is 29.9 Å². The molecular formula is C18H23N7OS2. The summed E-state index contributed by atoms with van der Waals surface area (Å²) in [4.78, 5) is 6.38. The van der Waals surface area contributed by atoms with Gasteiger partial charge in [-0.25, -0.2) is 0 Å².